The van der Waals surface area contributed by atoms with Crippen LogP contribution in [-0.4, -0.2) is 76.9 Å². The molecular weight excluding hydrogens is 587 g/mol. The number of anilines is 2. The number of carbonyl (C=O) groups excluding carboxylic acids is 3. The van der Waals surface area contributed by atoms with E-state index in [2.05, 4.69) is 30.8 Å². The van der Waals surface area contributed by atoms with Crippen LogP contribution >= 0.6 is 0 Å². The number of benzene rings is 2. The molecule has 0 unspecified atom stereocenters. The van der Waals surface area contributed by atoms with Gasteiger partial charge in [0.05, 0.1) is 11.3 Å². The fraction of sp³-hybridized carbons (Fsp3) is 0.406. The number of hydrogen-bond donors (Lipinski definition) is 3. The molecule has 3 N–H and O–H groups in total. The van der Waals surface area contributed by atoms with Crippen molar-refractivity contribution in [3.8, 4) is 0 Å². The summed E-state index contributed by atoms with van der Waals surface area (Å²) in [7, 11) is 2.01. The van der Waals surface area contributed by atoms with Crippen LogP contribution < -0.4 is 16.0 Å². The third kappa shape index (κ3) is 8.35. The van der Waals surface area contributed by atoms with Gasteiger partial charge in [-0.05, 0) is 68.6 Å². The van der Waals surface area contributed by atoms with Gasteiger partial charge in [-0.1, -0.05) is 31.0 Å². The molecule has 1 saturated carbocycles. The molecule has 0 spiro atoms. The number of urea groups is 1. The van der Waals surface area contributed by atoms with E-state index in [1.54, 1.807) is 59.5 Å². The van der Waals surface area contributed by atoms with Gasteiger partial charge in [-0.2, -0.15) is 13.2 Å². The number of piperazine rings is 1. The van der Waals surface area contributed by atoms with Crippen LogP contribution in [0.1, 0.15) is 57.7 Å². The van der Waals surface area contributed by atoms with Gasteiger partial charge in [0.15, 0.2) is 0 Å². The summed E-state index contributed by atoms with van der Waals surface area (Å²) in [6.45, 7) is 2.90. The lowest BCUT2D eigenvalue weighted by Gasteiger charge is -2.32. The quantitative estimate of drug-likeness (QED) is 0.344. The zero-order valence-electron chi connectivity index (χ0n) is 24.9. The Kier molecular flexibility index (Phi) is 9.96. The number of alkyl halides is 3. The molecule has 0 radical (unpaired) electrons. The van der Waals surface area contributed by atoms with E-state index in [9.17, 15) is 27.6 Å². The highest BCUT2D eigenvalue weighted by Gasteiger charge is 2.37. The molecule has 1 aliphatic heterocycles. The van der Waals surface area contributed by atoms with Crippen LogP contribution in [0.15, 0.2) is 60.8 Å². The first-order chi connectivity index (χ1) is 21.6. The smallest absolute Gasteiger partial charge is 0.336 e. The lowest BCUT2D eigenvalue weighted by atomic mass is 9.81. The van der Waals surface area contributed by atoms with Gasteiger partial charge in [0, 0.05) is 55.2 Å². The fourth-order valence-electron chi connectivity index (χ4n) is 5.75. The van der Waals surface area contributed by atoms with Gasteiger partial charge in [0.1, 0.15) is 0 Å². The second-order valence-electron chi connectivity index (χ2n) is 11.5. The van der Waals surface area contributed by atoms with Crippen LogP contribution in [0.4, 0.5) is 29.6 Å². The molecule has 3 aromatic rings. The Balaban J connectivity index is 1.27. The van der Waals surface area contributed by atoms with Gasteiger partial charge < -0.3 is 20.4 Å². The van der Waals surface area contributed by atoms with Crippen molar-refractivity contribution in [1.82, 2.24) is 30.4 Å². The van der Waals surface area contributed by atoms with Crippen LogP contribution in [0.5, 0.6) is 0 Å². The molecule has 1 saturated heterocycles. The molecule has 5 rings (SSSR count). The second kappa shape index (κ2) is 14.1. The van der Waals surface area contributed by atoms with Crippen molar-refractivity contribution in [1.29, 1.82) is 0 Å². The van der Waals surface area contributed by atoms with Crippen molar-refractivity contribution in [2.24, 2.45) is 5.92 Å². The highest BCUT2D eigenvalue weighted by molar-refractivity contribution is 6.04. The summed E-state index contributed by atoms with van der Waals surface area (Å²) in [5, 5.41) is 8.05. The van der Waals surface area contributed by atoms with Gasteiger partial charge in [0.25, 0.3) is 11.8 Å². The lowest BCUT2D eigenvalue weighted by molar-refractivity contribution is -0.138. The molecule has 4 amide bonds. The summed E-state index contributed by atoms with van der Waals surface area (Å²) < 4.78 is 42.0. The van der Waals surface area contributed by atoms with E-state index >= 15 is 0 Å². The highest BCUT2D eigenvalue weighted by Crippen LogP contribution is 2.35. The Hall–Kier alpha value is -4.52. The molecule has 0 bridgehead atoms. The van der Waals surface area contributed by atoms with E-state index in [-0.39, 0.29) is 29.9 Å². The summed E-state index contributed by atoms with van der Waals surface area (Å²) in [6, 6.07) is 13.8. The summed E-state index contributed by atoms with van der Waals surface area (Å²) in [4.78, 5) is 50.1. The monoisotopic (exact) mass is 623 g/mol. The van der Waals surface area contributed by atoms with Crippen LogP contribution in [0, 0.1) is 5.92 Å². The minimum Gasteiger partial charge on any atom is -0.336 e. The number of nitrogens with one attached hydrogen (secondary N) is 3. The summed E-state index contributed by atoms with van der Waals surface area (Å²) in [5.41, 5.74) is 0.243. The number of hydrogen-bond acceptors (Lipinski definition) is 7. The van der Waals surface area contributed by atoms with Crippen molar-refractivity contribution < 1.29 is 27.6 Å². The molecule has 2 fully saturated rings. The normalized spacial score (nSPS) is 19.1. The molecular formula is C32H36F3N7O3. The van der Waals surface area contributed by atoms with E-state index in [1.807, 2.05) is 7.05 Å². The van der Waals surface area contributed by atoms with Crippen LogP contribution in [-0.2, 0) is 12.6 Å². The number of halogens is 3. The number of likely N-dealkylation sites (N-methyl/N-ethyl adjacent to an activating group) is 1. The molecule has 238 valence electrons. The van der Waals surface area contributed by atoms with E-state index in [4.69, 9.17) is 0 Å². The maximum absolute atomic E-state index is 14.0. The first-order valence-electron chi connectivity index (χ1n) is 15.0. The molecule has 13 heteroatoms. The minimum atomic E-state index is -4.67. The van der Waals surface area contributed by atoms with Crippen LogP contribution in [0.3, 0.4) is 0 Å². The van der Waals surface area contributed by atoms with Crippen molar-refractivity contribution in [2.45, 2.75) is 44.3 Å². The highest BCUT2D eigenvalue weighted by atomic mass is 19.4. The number of rotatable bonds is 7. The zero-order chi connectivity index (χ0) is 32.0. The van der Waals surface area contributed by atoms with Gasteiger partial charge in [0.2, 0.25) is 5.95 Å². The Bertz CT molecular complexity index is 1490. The molecule has 2 aliphatic rings. The van der Waals surface area contributed by atoms with Gasteiger partial charge in [-0.25, -0.2) is 14.8 Å². The first kappa shape index (κ1) is 31.9. The SMILES string of the molecule is CN1CCN(C(=O)c2ccc(Nc3ncc(C(F)(F)F)c(C[C@@H]4CCCC[C@@H]4NC(=O)NC(=O)c4ccccc4)n3)cc2)CC1. The number of nitrogens with zero attached hydrogens (tertiary/aromatic N) is 4. The fourth-order valence-corrected chi connectivity index (χ4v) is 5.75. The molecule has 10 nitrogen and oxygen atoms in total. The van der Waals surface area contributed by atoms with Crippen molar-refractivity contribution >= 4 is 29.5 Å². The van der Waals surface area contributed by atoms with Gasteiger partial charge in [-0.3, -0.25) is 14.9 Å². The maximum Gasteiger partial charge on any atom is 0.419 e. The minimum absolute atomic E-state index is 0.0114. The number of amides is 4. The van der Waals surface area contributed by atoms with Crippen molar-refractivity contribution in [2.75, 3.05) is 38.5 Å². The molecule has 2 heterocycles. The second-order valence-corrected chi connectivity index (χ2v) is 11.5. The largest absolute Gasteiger partial charge is 0.419 e. The molecule has 1 aromatic heterocycles. The van der Waals surface area contributed by atoms with E-state index in [1.165, 1.54) is 0 Å². The van der Waals surface area contributed by atoms with Crippen LogP contribution in [0.25, 0.3) is 0 Å². The van der Waals surface area contributed by atoms with E-state index in [0.717, 1.165) is 32.1 Å². The molecule has 45 heavy (non-hydrogen) atoms. The summed E-state index contributed by atoms with van der Waals surface area (Å²) in [6.07, 6.45) is -1.20. The third-order valence-corrected chi connectivity index (χ3v) is 8.30. The number of aromatic nitrogens is 2. The average molecular weight is 624 g/mol. The van der Waals surface area contributed by atoms with Gasteiger partial charge in [-0.15, -0.1) is 0 Å². The Morgan fingerprint density at radius 3 is 2.29 bits per heavy atom. The van der Waals surface area contributed by atoms with E-state index in [0.29, 0.717) is 42.7 Å². The summed E-state index contributed by atoms with van der Waals surface area (Å²) >= 11 is 0. The summed E-state index contributed by atoms with van der Waals surface area (Å²) in [5.74, 6) is -0.984. The molecule has 1 aliphatic carbocycles. The molecule has 2 atom stereocenters. The average Bonchev–Trinajstić information content (AvgIpc) is 3.02. The topological polar surface area (TPSA) is 120 Å². The first-order valence-corrected chi connectivity index (χ1v) is 15.0. The Morgan fingerprint density at radius 2 is 1.60 bits per heavy atom. The molecule has 2 aromatic carbocycles. The van der Waals surface area contributed by atoms with E-state index < -0.39 is 29.7 Å². The van der Waals surface area contributed by atoms with Gasteiger partial charge >= 0.3 is 12.2 Å². The number of carbonyl (C=O) groups is 3. The van der Waals surface area contributed by atoms with Crippen LogP contribution in [0.2, 0.25) is 0 Å². The predicted molar refractivity (Wildman–Crippen MR) is 162 cm³/mol. The Morgan fingerprint density at radius 1 is 0.911 bits per heavy atom. The third-order valence-electron chi connectivity index (χ3n) is 8.30. The Labute approximate surface area is 259 Å². The standard InChI is InChI=1S/C32H36F3N7O3/c1-41-15-17-42(18-16-41)29(44)22-11-13-24(14-12-22)37-30-36-20-25(32(33,34)35)27(38-30)19-23-9-5-6-10-26(23)39-31(45)40-28(43)21-7-3-2-4-8-21/h2-4,7-8,11-14,20,23,26H,5-6,9-10,15-19H2,1H3,(H,36,37,38)(H2,39,40,43,45)/t23-,26-/m0/s1. The van der Waals surface area contributed by atoms with Crippen molar-refractivity contribution in [3.05, 3.63) is 83.2 Å². The maximum atomic E-state index is 14.0. The van der Waals surface area contributed by atoms with Crippen molar-refractivity contribution in [3.63, 3.8) is 0 Å². The predicted octanol–water partition coefficient (Wildman–Crippen LogP) is 4.87. The lowest BCUT2D eigenvalue weighted by Crippen LogP contribution is -2.49. The number of imide groups is 1. The zero-order valence-corrected chi connectivity index (χ0v) is 24.9.